The molecule has 0 spiro atoms. The molecule has 152 valence electrons. The maximum Gasteiger partial charge on any atom is 0.325 e. The van der Waals surface area contributed by atoms with Gasteiger partial charge in [-0.25, -0.2) is 9.97 Å². The van der Waals surface area contributed by atoms with Gasteiger partial charge in [-0.05, 0) is 37.7 Å². The Morgan fingerprint density at radius 2 is 2.14 bits per heavy atom. The van der Waals surface area contributed by atoms with E-state index in [1.54, 1.807) is 18.3 Å². The van der Waals surface area contributed by atoms with Gasteiger partial charge < -0.3 is 10.1 Å². The minimum absolute atomic E-state index is 0.102. The average molecular weight is 422 g/mol. The summed E-state index contributed by atoms with van der Waals surface area (Å²) < 4.78 is 4.84. The van der Waals surface area contributed by atoms with Crippen molar-refractivity contribution in [1.82, 2.24) is 15.3 Å². The Hall–Kier alpha value is -1.67. The predicted molar refractivity (Wildman–Crippen MR) is 113 cm³/mol. The molecule has 0 radical (unpaired) electrons. The third kappa shape index (κ3) is 4.84. The highest BCUT2D eigenvalue weighted by Crippen LogP contribution is 2.41. The lowest BCUT2D eigenvalue weighted by atomic mass is 9.89. The highest BCUT2D eigenvalue weighted by Gasteiger charge is 2.24. The lowest BCUT2D eigenvalue weighted by Crippen LogP contribution is -2.31. The number of aromatic nitrogens is 2. The molecule has 3 rings (SSSR count). The van der Waals surface area contributed by atoms with Crippen LogP contribution in [0.1, 0.15) is 56.3 Å². The maximum atomic E-state index is 12.2. The van der Waals surface area contributed by atoms with E-state index in [1.807, 2.05) is 0 Å². The first-order valence-corrected chi connectivity index (χ1v) is 11.6. The number of carbonyl (C=O) groups excluding carboxylic acids is 2. The van der Waals surface area contributed by atoms with Crippen molar-refractivity contribution in [3.8, 4) is 0 Å². The van der Waals surface area contributed by atoms with Gasteiger partial charge in [0.05, 0.1) is 12.4 Å². The van der Waals surface area contributed by atoms with Crippen LogP contribution in [-0.2, 0) is 27.2 Å². The van der Waals surface area contributed by atoms with Crippen molar-refractivity contribution in [2.75, 3.05) is 18.9 Å². The summed E-state index contributed by atoms with van der Waals surface area (Å²) in [5.74, 6) is 1.32. The Morgan fingerprint density at radius 3 is 2.86 bits per heavy atom. The highest BCUT2D eigenvalue weighted by molar-refractivity contribution is 8.00. The second-order valence-electron chi connectivity index (χ2n) is 7.44. The van der Waals surface area contributed by atoms with Crippen molar-refractivity contribution in [3.05, 3.63) is 16.3 Å². The summed E-state index contributed by atoms with van der Waals surface area (Å²) in [6, 6.07) is 0. The Morgan fingerprint density at radius 1 is 1.36 bits per heavy atom. The molecular formula is C20H27N3O3S2. The molecule has 1 N–H and O–H groups in total. The number of hydrogen-bond donors (Lipinski definition) is 1. The van der Waals surface area contributed by atoms with E-state index < -0.39 is 5.97 Å². The molecule has 1 unspecified atom stereocenters. The highest BCUT2D eigenvalue weighted by atomic mass is 32.2. The van der Waals surface area contributed by atoms with Gasteiger partial charge in [-0.3, -0.25) is 9.59 Å². The van der Waals surface area contributed by atoms with Gasteiger partial charge in [0.25, 0.3) is 0 Å². The van der Waals surface area contributed by atoms with E-state index >= 15 is 0 Å². The predicted octanol–water partition coefficient (Wildman–Crippen LogP) is 3.71. The van der Waals surface area contributed by atoms with Crippen LogP contribution in [0, 0.1) is 5.92 Å². The number of amides is 1. The van der Waals surface area contributed by atoms with Gasteiger partial charge >= 0.3 is 5.97 Å². The van der Waals surface area contributed by atoms with E-state index in [0.717, 1.165) is 33.9 Å². The quantitative estimate of drug-likeness (QED) is 0.417. The van der Waals surface area contributed by atoms with E-state index in [2.05, 4.69) is 26.1 Å². The topological polar surface area (TPSA) is 81.2 Å². The summed E-state index contributed by atoms with van der Waals surface area (Å²) in [7, 11) is 0. The fourth-order valence-electron chi connectivity index (χ4n) is 3.26. The largest absolute Gasteiger partial charge is 0.465 e. The number of nitrogens with zero attached hydrogens (tertiary/aromatic N) is 2. The first kappa shape index (κ1) is 21.0. The molecule has 0 aliphatic heterocycles. The number of esters is 1. The molecule has 1 amide bonds. The Bertz CT molecular complexity index is 879. The number of fused-ring (bicyclic) bond motifs is 3. The summed E-state index contributed by atoms with van der Waals surface area (Å²) in [5.41, 5.74) is 1.36. The third-order valence-corrected chi connectivity index (χ3v) is 6.85. The Balaban J connectivity index is 1.81. The average Bonchev–Trinajstić information content (AvgIpc) is 3.01. The van der Waals surface area contributed by atoms with Crippen LogP contribution in [0.2, 0.25) is 0 Å². The molecule has 0 aromatic carbocycles. The van der Waals surface area contributed by atoms with Crippen LogP contribution < -0.4 is 5.32 Å². The van der Waals surface area contributed by atoms with Gasteiger partial charge in [0.1, 0.15) is 22.2 Å². The molecule has 6 nitrogen and oxygen atoms in total. The van der Waals surface area contributed by atoms with Crippen molar-refractivity contribution >= 4 is 45.2 Å². The van der Waals surface area contributed by atoms with Crippen molar-refractivity contribution in [1.29, 1.82) is 0 Å². The normalized spacial score (nSPS) is 16.2. The monoisotopic (exact) mass is 421 g/mol. The first-order valence-electron chi connectivity index (χ1n) is 9.76. The number of hydrogen-bond acceptors (Lipinski definition) is 7. The second kappa shape index (κ2) is 9.22. The number of rotatable bonds is 7. The molecule has 1 aliphatic carbocycles. The standard InChI is InChI=1S/C20H27N3O3S2/c1-5-26-16(25)9-21-15(24)10-27-19-17-13-7-6-12(4)8-14(13)28-20(17)23-18(22-19)11(2)3/h11-12H,5-10H2,1-4H3,(H,21,24). The zero-order chi connectivity index (χ0) is 20.3. The third-order valence-electron chi connectivity index (χ3n) is 4.73. The van der Waals surface area contributed by atoms with Crippen LogP contribution in [0.5, 0.6) is 0 Å². The fourth-order valence-corrected chi connectivity index (χ4v) is 5.60. The van der Waals surface area contributed by atoms with E-state index in [-0.39, 0.29) is 24.1 Å². The van der Waals surface area contributed by atoms with Gasteiger partial charge in [-0.15, -0.1) is 11.3 Å². The van der Waals surface area contributed by atoms with Gasteiger partial charge in [0.2, 0.25) is 5.91 Å². The molecular weight excluding hydrogens is 394 g/mol. The summed E-state index contributed by atoms with van der Waals surface area (Å²) in [5, 5.41) is 4.62. The van der Waals surface area contributed by atoms with Crippen molar-refractivity contribution in [3.63, 3.8) is 0 Å². The van der Waals surface area contributed by atoms with Crippen LogP contribution in [0.3, 0.4) is 0 Å². The summed E-state index contributed by atoms with van der Waals surface area (Å²) in [6.45, 7) is 8.40. The van der Waals surface area contributed by atoms with E-state index in [1.165, 1.54) is 28.6 Å². The summed E-state index contributed by atoms with van der Waals surface area (Å²) in [4.78, 5) is 35.6. The molecule has 0 saturated heterocycles. The van der Waals surface area contributed by atoms with Crippen LogP contribution >= 0.6 is 23.1 Å². The van der Waals surface area contributed by atoms with Crippen molar-refractivity contribution < 1.29 is 14.3 Å². The smallest absolute Gasteiger partial charge is 0.325 e. The zero-order valence-electron chi connectivity index (χ0n) is 16.8. The molecule has 1 atom stereocenters. The molecule has 0 bridgehead atoms. The molecule has 0 fully saturated rings. The van der Waals surface area contributed by atoms with Crippen molar-refractivity contribution in [2.24, 2.45) is 5.92 Å². The lowest BCUT2D eigenvalue weighted by Gasteiger charge is -2.18. The molecule has 2 heterocycles. The van der Waals surface area contributed by atoms with E-state index in [4.69, 9.17) is 14.7 Å². The van der Waals surface area contributed by atoms with Gasteiger partial charge in [0, 0.05) is 16.2 Å². The molecule has 1 aliphatic rings. The molecule has 28 heavy (non-hydrogen) atoms. The number of nitrogens with one attached hydrogen (secondary N) is 1. The minimum Gasteiger partial charge on any atom is -0.465 e. The Labute approximate surface area is 173 Å². The summed E-state index contributed by atoms with van der Waals surface area (Å²) in [6.07, 6.45) is 3.32. The van der Waals surface area contributed by atoms with Gasteiger partial charge in [-0.2, -0.15) is 0 Å². The number of aryl methyl sites for hydroxylation is 1. The Kier molecular flexibility index (Phi) is 6.93. The molecule has 2 aromatic rings. The van der Waals surface area contributed by atoms with Crippen LogP contribution in [0.25, 0.3) is 10.2 Å². The zero-order valence-corrected chi connectivity index (χ0v) is 18.5. The van der Waals surface area contributed by atoms with Gasteiger partial charge in [0.15, 0.2) is 0 Å². The van der Waals surface area contributed by atoms with Crippen LogP contribution in [0.4, 0.5) is 0 Å². The maximum absolute atomic E-state index is 12.2. The summed E-state index contributed by atoms with van der Waals surface area (Å²) >= 11 is 3.20. The number of carbonyl (C=O) groups is 2. The van der Waals surface area contributed by atoms with Crippen molar-refractivity contribution in [2.45, 2.75) is 57.9 Å². The number of thiophene rings is 1. The fraction of sp³-hybridized carbons (Fsp3) is 0.600. The minimum atomic E-state index is -0.423. The SMILES string of the molecule is CCOC(=O)CNC(=O)CSc1nc(C(C)C)nc2sc3c(c12)CCC(C)C3. The number of ether oxygens (including phenoxy) is 1. The lowest BCUT2D eigenvalue weighted by molar-refractivity contribution is -0.143. The van der Waals surface area contributed by atoms with Crippen LogP contribution in [0.15, 0.2) is 5.03 Å². The second-order valence-corrected chi connectivity index (χ2v) is 9.49. The number of thioether (sulfide) groups is 1. The first-order chi connectivity index (χ1) is 13.4. The molecule has 8 heteroatoms. The van der Waals surface area contributed by atoms with E-state index in [0.29, 0.717) is 12.5 Å². The van der Waals surface area contributed by atoms with E-state index in [9.17, 15) is 9.59 Å². The molecule has 0 saturated carbocycles. The van der Waals surface area contributed by atoms with Crippen LogP contribution in [-0.4, -0.2) is 40.7 Å². The van der Waals surface area contributed by atoms with Gasteiger partial charge in [-0.1, -0.05) is 32.5 Å². The molecule has 2 aromatic heterocycles.